The number of nitrogen functional groups attached to an aromatic ring is 1. The molecule has 19 heavy (non-hydrogen) atoms. The van der Waals surface area contributed by atoms with Gasteiger partial charge in [0.1, 0.15) is 5.15 Å². The third-order valence-corrected chi connectivity index (χ3v) is 2.83. The first-order valence-electron chi connectivity index (χ1n) is 5.70. The van der Waals surface area contributed by atoms with Crippen LogP contribution in [-0.4, -0.2) is 15.9 Å². The fourth-order valence-corrected chi connectivity index (χ4v) is 1.78. The first kappa shape index (κ1) is 13.3. The van der Waals surface area contributed by atoms with Gasteiger partial charge in [0.05, 0.1) is 29.2 Å². The van der Waals surface area contributed by atoms with Crippen LogP contribution in [0.4, 0.5) is 5.69 Å². The molecule has 0 saturated carbocycles. The number of amides is 1. The Bertz CT molecular complexity index is 588. The number of aromatic nitrogens is 2. The highest BCUT2D eigenvalue weighted by molar-refractivity contribution is 6.29. The molecule has 0 aliphatic rings. The van der Waals surface area contributed by atoms with Crippen molar-refractivity contribution in [3.05, 3.63) is 53.1 Å². The van der Waals surface area contributed by atoms with Crippen LogP contribution in [-0.2, 0) is 0 Å². The summed E-state index contributed by atoms with van der Waals surface area (Å²) in [7, 11) is 0. The maximum atomic E-state index is 12.1. The summed E-state index contributed by atoms with van der Waals surface area (Å²) in [4.78, 5) is 20.1. The fourth-order valence-electron chi connectivity index (χ4n) is 1.62. The molecular formula is C13H13ClN4O. The molecule has 1 amide bonds. The van der Waals surface area contributed by atoms with Gasteiger partial charge in [0.25, 0.3) is 5.91 Å². The van der Waals surface area contributed by atoms with E-state index in [-0.39, 0.29) is 22.8 Å². The minimum Gasteiger partial charge on any atom is -0.397 e. The number of halogens is 1. The molecule has 0 aromatic carbocycles. The second kappa shape index (κ2) is 5.67. The maximum absolute atomic E-state index is 12.1. The standard InChI is InChI=1S/C13H13ClN4O/c1-8(11-4-2-3-5-16-11)18-13(19)9-6-12(14)17-7-10(9)15/h2-8H,15H2,1H3,(H,18,19). The molecule has 2 rings (SSSR count). The third-order valence-electron chi connectivity index (χ3n) is 2.63. The Morgan fingerprint density at radius 3 is 2.89 bits per heavy atom. The number of nitrogens with two attached hydrogens (primary N) is 1. The van der Waals surface area contributed by atoms with Crippen molar-refractivity contribution in [3.63, 3.8) is 0 Å². The molecule has 0 spiro atoms. The van der Waals surface area contributed by atoms with Crippen molar-refractivity contribution < 1.29 is 4.79 Å². The van der Waals surface area contributed by atoms with E-state index in [1.165, 1.54) is 12.3 Å². The summed E-state index contributed by atoms with van der Waals surface area (Å²) < 4.78 is 0. The van der Waals surface area contributed by atoms with Crippen molar-refractivity contribution in [1.82, 2.24) is 15.3 Å². The topological polar surface area (TPSA) is 80.9 Å². The van der Waals surface area contributed by atoms with Gasteiger partial charge in [-0.3, -0.25) is 9.78 Å². The van der Waals surface area contributed by atoms with Crippen LogP contribution in [0.25, 0.3) is 0 Å². The Kier molecular flexibility index (Phi) is 3.97. The molecule has 0 bridgehead atoms. The monoisotopic (exact) mass is 276 g/mol. The lowest BCUT2D eigenvalue weighted by atomic mass is 10.1. The van der Waals surface area contributed by atoms with Gasteiger partial charge in [-0.05, 0) is 25.1 Å². The Morgan fingerprint density at radius 2 is 2.21 bits per heavy atom. The number of nitrogens with zero attached hydrogens (tertiary/aromatic N) is 2. The first-order chi connectivity index (χ1) is 9.08. The summed E-state index contributed by atoms with van der Waals surface area (Å²) in [5.41, 5.74) is 7.08. The number of carbonyl (C=O) groups is 1. The smallest absolute Gasteiger partial charge is 0.254 e. The number of hydrogen-bond donors (Lipinski definition) is 2. The molecule has 0 fully saturated rings. The zero-order valence-corrected chi connectivity index (χ0v) is 11.1. The predicted octanol–water partition coefficient (Wildman–Crippen LogP) is 2.20. The lowest BCUT2D eigenvalue weighted by molar-refractivity contribution is 0.0940. The van der Waals surface area contributed by atoms with Gasteiger partial charge in [0, 0.05) is 6.20 Å². The molecule has 1 unspecified atom stereocenters. The summed E-state index contributed by atoms with van der Waals surface area (Å²) in [5.74, 6) is -0.306. The van der Waals surface area contributed by atoms with Gasteiger partial charge in [0.2, 0.25) is 0 Å². The van der Waals surface area contributed by atoms with Crippen LogP contribution in [0.1, 0.15) is 29.0 Å². The Balaban J connectivity index is 2.15. The quantitative estimate of drug-likeness (QED) is 0.842. The van der Waals surface area contributed by atoms with E-state index >= 15 is 0 Å². The molecule has 2 aromatic rings. The summed E-state index contributed by atoms with van der Waals surface area (Å²) in [6.45, 7) is 1.85. The van der Waals surface area contributed by atoms with E-state index in [0.29, 0.717) is 5.56 Å². The summed E-state index contributed by atoms with van der Waals surface area (Å²) >= 11 is 5.76. The van der Waals surface area contributed by atoms with Gasteiger partial charge >= 0.3 is 0 Å². The lowest BCUT2D eigenvalue weighted by Gasteiger charge is -2.14. The Labute approximate surface area is 115 Å². The van der Waals surface area contributed by atoms with Gasteiger partial charge in [-0.15, -0.1) is 0 Å². The van der Waals surface area contributed by atoms with Crippen LogP contribution in [0.15, 0.2) is 36.7 Å². The van der Waals surface area contributed by atoms with Gasteiger partial charge in [0.15, 0.2) is 0 Å². The van der Waals surface area contributed by atoms with E-state index in [0.717, 1.165) is 5.69 Å². The molecule has 98 valence electrons. The minimum absolute atomic E-state index is 0.222. The van der Waals surface area contributed by atoms with Crippen LogP contribution >= 0.6 is 11.6 Å². The van der Waals surface area contributed by atoms with Crippen molar-refractivity contribution in [1.29, 1.82) is 0 Å². The zero-order valence-electron chi connectivity index (χ0n) is 10.3. The highest BCUT2D eigenvalue weighted by Crippen LogP contribution is 2.16. The number of carbonyl (C=O) groups excluding carboxylic acids is 1. The molecule has 0 aliphatic carbocycles. The van der Waals surface area contributed by atoms with Crippen molar-refractivity contribution >= 4 is 23.2 Å². The lowest BCUT2D eigenvalue weighted by Crippen LogP contribution is -2.28. The summed E-state index contributed by atoms with van der Waals surface area (Å²) in [6.07, 6.45) is 3.04. The molecule has 2 aromatic heterocycles. The number of pyridine rings is 2. The molecular weight excluding hydrogens is 264 g/mol. The van der Waals surface area contributed by atoms with Gasteiger partial charge in [-0.1, -0.05) is 17.7 Å². The average molecular weight is 277 g/mol. The van der Waals surface area contributed by atoms with Crippen molar-refractivity contribution in [3.8, 4) is 0 Å². The molecule has 2 heterocycles. The van der Waals surface area contributed by atoms with Crippen LogP contribution in [0.3, 0.4) is 0 Å². The summed E-state index contributed by atoms with van der Waals surface area (Å²) in [5, 5.41) is 3.04. The molecule has 0 radical (unpaired) electrons. The van der Waals surface area contributed by atoms with Gasteiger partial charge in [-0.25, -0.2) is 4.98 Å². The zero-order chi connectivity index (χ0) is 13.8. The van der Waals surface area contributed by atoms with Gasteiger partial charge < -0.3 is 11.1 Å². The Morgan fingerprint density at radius 1 is 1.42 bits per heavy atom. The van der Waals surface area contributed by atoms with Crippen LogP contribution in [0, 0.1) is 0 Å². The second-order valence-electron chi connectivity index (χ2n) is 4.04. The molecule has 5 nitrogen and oxygen atoms in total. The molecule has 1 atom stereocenters. The summed E-state index contributed by atoms with van der Waals surface area (Å²) in [6, 6.07) is 6.74. The third kappa shape index (κ3) is 3.20. The van der Waals surface area contributed by atoms with Crippen molar-refractivity contribution in [2.45, 2.75) is 13.0 Å². The van der Waals surface area contributed by atoms with Crippen LogP contribution in [0.5, 0.6) is 0 Å². The van der Waals surface area contributed by atoms with Gasteiger partial charge in [-0.2, -0.15) is 0 Å². The van der Waals surface area contributed by atoms with E-state index < -0.39 is 0 Å². The van der Waals surface area contributed by atoms with Crippen molar-refractivity contribution in [2.75, 3.05) is 5.73 Å². The minimum atomic E-state index is -0.306. The molecule has 0 aliphatic heterocycles. The van der Waals surface area contributed by atoms with Crippen LogP contribution in [0.2, 0.25) is 5.15 Å². The van der Waals surface area contributed by atoms with E-state index in [9.17, 15) is 4.79 Å². The van der Waals surface area contributed by atoms with Crippen molar-refractivity contribution in [2.24, 2.45) is 0 Å². The normalized spacial score (nSPS) is 11.9. The fraction of sp³-hybridized carbons (Fsp3) is 0.154. The molecule has 6 heteroatoms. The second-order valence-corrected chi connectivity index (χ2v) is 4.43. The van der Waals surface area contributed by atoms with E-state index in [4.69, 9.17) is 17.3 Å². The average Bonchev–Trinajstić information content (AvgIpc) is 2.42. The highest BCUT2D eigenvalue weighted by atomic mass is 35.5. The van der Waals surface area contributed by atoms with E-state index in [1.54, 1.807) is 6.20 Å². The molecule has 0 saturated heterocycles. The number of anilines is 1. The highest BCUT2D eigenvalue weighted by Gasteiger charge is 2.15. The maximum Gasteiger partial charge on any atom is 0.254 e. The number of nitrogens with one attached hydrogen (secondary N) is 1. The predicted molar refractivity (Wildman–Crippen MR) is 73.8 cm³/mol. The Hall–Kier alpha value is -2.14. The number of hydrogen-bond acceptors (Lipinski definition) is 4. The van der Waals surface area contributed by atoms with E-state index in [1.807, 2.05) is 25.1 Å². The molecule has 3 N–H and O–H groups in total. The van der Waals surface area contributed by atoms with E-state index in [2.05, 4.69) is 15.3 Å². The largest absolute Gasteiger partial charge is 0.397 e. The first-order valence-corrected chi connectivity index (χ1v) is 6.08. The number of rotatable bonds is 3. The SMILES string of the molecule is CC(NC(=O)c1cc(Cl)ncc1N)c1ccccn1. The van der Waals surface area contributed by atoms with Crippen LogP contribution < -0.4 is 11.1 Å².